The summed E-state index contributed by atoms with van der Waals surface area (Å²) in [6.45, 7) is -0.142. The zero-order valence-electron chi connectivity index (χ0n) is 11.3. The van der Waals surface area contributed by atoms with Gasteiger partial charge in [-0.05, 0) is 23.1 Å². The molecule has 1 heterocycles. The van der Waals surface area contributed by atoms with Gasteiger partial charge in [-0.2, -0.15) is 0 Å². The molecule has 1 aromatic heterocycles. The van der Waals surface area contributed by atoms with Gasteiger partial charge in [0.1, 0.15) is 5.78 Å². The van der Waals surface area contributed by atoms with E-state index in [0.717, 1.165) is 16.0 Å². The molecule has 0 fully saturated rings. The summed E-state index contributed by atoms with van der Waals surface area (Å²) in [6, 6.07) is 7.23. The van der Waals surface area contributed by atoms with Crippen LogP contribution in [0.1, 0.15) is 32.8 Å². The third kappa shape index (κ3) is 2.39. The summed E-state index contributed by atoms with van der Waals surface area (Å²) >= 11 is 1.36. The lowest BCUT2D eigenvalue weighted by Crippen LogP contribution is -2.13. The van der Waals surface area contributed by atoms with Gasteiger partial charge in [0.2, 0.25) is 0 Å². The zero-order chi connectivity index (χ0) is 15.0. The Hall–Kier alpha value is -1.98. The number of carbonyl (C=O) groups is 2. The molecule has 4 nitrogen and oxygen atoms in total. The second-order valence-corrected chi connectivity index (χ2v) is 6.15. The first kappa shape index (κ1) is 14.0. The molecule has 0 amide bonds. The van der Waals surface area contributed by atoms with Gasteiger partial charge >= 0.3 is 5.97 Å². The van der Waals surface area contributed by atoms with Crippen molar-refractivity contribution in [1.82, 2.24) is 0 Å². The molecule has 0 unspecified atom stereocenters. The van der Waals surface area contributed by atoms with Gasteiger partial charge < -0.3 is 10.2 Å². The van der Waals surface area contributed by atoms with Gasteiger partial charge in [-0.1, -0.05) is 24.3 Å². The van der Waals surface area contributed by atoms with E-state index in [0.29, 0.717) is 35.3 Å². The van der Waals surface area contributed by atoms with Gasteiger partial charge in [0.15, 0.2) is 0 Å². The van der Waals surface area contributed by atoms with Crippen molar-refractivity contribution in [3.05, 3.63) is 45.8 Å². The number of carboxylic acid groups (broad SMARTS) is 1. The first-order valence-electron chi connectivity index (χ1n) is 6.70. The third-order valence-electron chi connectivity index (χ3n) is 3.75. The summed E-state index contributed by atoms with van der Waals surface area (Å²) in [5.41, 5.74) is 2.52. The smallest absolute Gasteiger partial charge is 0.337 e. The normalized spacial score (nSPS) is 14.0. The molecule has 2 N–H and O–H groups in total. The number of hydrogen-bond donors (Lipinski definition) is 2. The quantitative estimate of drug-likeness (QED) is 0.914. The number of rotatable bonds is 3. The minimum Gasteiger partial charge on any atom is -0.478 e. The lowest BCUT2D eigenvalue weighted by molar-refractivity contribution is -0.118. The average Bonchev–Trinajstić information content (AvgIpc) is 2.85. The molecule has 0 saturated heterocycles. The predicted octanol–water partition coefficient (Wildman–Crippen LogP) is 2.66. The van der Waals surface area contributed by atoms with Gasteiger partial charge in [0.25, 0.3) is 0 Å². The third-order valence-corrected chi connectivity index (χ3v) is 5.01. The van der Waals surface area contributed by atoms with Crippen molar-refractivity contribution in [3.8, 4) is 10.4 Å². The van der Waals surface area contributed by atoms with E-state index in [2.05, 4.69) is 0 Å². The van der Waals surface area contributed by atoms with Crippen LogP contribution in [0.3, 0.4) is 0 Å². The molecule has 108 valence electrons. The molecule has 3 rings (SSSR count). The van der Waals surface area contributed by atoms with Gasteiger partial charge in [0.05, 0.1) is 12.2 Å². The number of benzene rings is 1. The maximum Gasteiger partial charge on any atom is 0.337 e. The number of aliphatic hydroxyl groups excluding tert-OH is 1. The van der Waals surface area contributed by atoms with E-state index in [1.807, 2.05) is 18.2 Å². The molecule has 21 heavy (non-hydrogen) atoms. The highest BCUT2D eigenvalue weighted by atomic mass is 32.1. The second kappa shape index (κ2) is 5.42. The lowest BCUT2D eigenvalue weighted by Gasteiger charge is -2.10. The number of carboxylic acids is 1. The molecule has 0 bridgehead atoms. The highest BCUT2D eigenvalue weighted by molar-refractivity contribution is 7.16. The van der Waals surface area contributed by atoms with Crippen LogP contribution in [0, 0.1) is 0 Å². The van der Waals surface area contributed by atoms with Crippen LogP contribution in [-0.2, 0) is 24.2 Å². The first-order valence-corrected chi connectivity index (χ1v) is 7.52. The fourth-order valence-electron chi connectivity index (χ4n) is 2.75. The summed E-state index contributed by atoms with van der Waals surface area (Å²) in [7, 11) is 0. The van der Waals surface area contributed by atoms with Crippen LogP contribution in [0.2, 0.25) is 0 Å². The highest BCUT2D eigenvalue weighted by Gasteiger charge is 2.28. The van der Waals surface area contributed by atoms with Crippen molar-refractivity contribution < 1.29 is 19.8 Å². The molecule has 1 aliphatic carbocycles. The summed E-state index contributed by atoms with van der Waals surface area (Å²) in [6.07, 6.45) is 1.22. The molecule has 0 spiro atoms. The van der Waals surface area contributed by atoms with Crippen molar-refractivity contribution in [2.45, 2.75) is 25.9 Å². The van der Waals surface area contributed by atoms with E-state index >= 15 is 0 Å². The number of fused-ring (bicyclic) bond motifs is 1. The molecule has 0 saturated carbocycles. The van der Waals surface area contributed by atoms with E-state index in [-0.39, 0.29) is 12.4 Å². The van der Waals surface area contributed by atoms with E-state index in [9.17, 15) is 19.8 Å². The van der Waals surface area contributed by atoms with Crippen molar-refractivity contribution >= 4 is 23.1 Å². The molecule has 2 aromatic rings. The Morgan fingerprint density at radius 2 is 2.00 bits per heavy atom. The van der Waals surface area contributed by atoms with Crippen LogP contribution in [0.4, 0.5) is 0 Å². The minimum atomic E-state index is -0.968. The molecular formula is C16H14O4S. The van der Waals surface area contributed by atoms with Crippen molar-refractivity contribution in [1.29, 1.82) is 0 Å². The monoisotopic (exact) mass is 302 g/mol. The summed E-state index contributed by atoms with van der Waals surface area (Å²) in [5.74, 6) is -0.813. The van der Waals surface area contributed by atoms with Gasteiger partial charge in [-0.3, -0.25) is 4.79 Å². The Balaban J connectivity index is 2.23. The minimum absolute atomic E-state index is 0.142. The number of carbonyl (C=O) groups excluding carboxylic acids is 1. The maximum atomic E-state index is 11.7. The van der Waals surface area contributed by atoms with Crippen LogP contribution in [0.25, 0.3) is 10.4 Å². The van der Waals surface area contributed by atoms with Gasteiger partial charge in [-0.25, -0.2) is 4.79 Å². The van der Waals surface area contributed by atoms with Crippen LogP contribution in [0.15, 0.2) is 24.3 Å². The van der Waals surface area contributed by atoms with Crippen LogP contribution >= 0.6 is 11.3 Å². The molecule has 1 aromatic carbocycles. The molecular weight excluding hydrogens is 288 g/mol. The molecule has 0 radical (unpaired) electrons. The summed E-state index contributed by atoms with van der Waals surface area (Å²) < 4.78 is 0. The average molecular weight is 302 g/mol. The Morgan fingerprint density at radius 1 is 1.24 bits per heavy atom. The number of aliphatic hydroxyl groups is 1. The van der Waals surface area contributed by atoms with Crippen LogP contribution in [0.5, 0.6) is 0 Å². The van der Waals surface area contributed by atoms with Crippen LogP contribution < -0.4 is 0 Å². The number of hydrogen-bond acceptors (Lipinski definition) is 4. The lowest BCUT2D eigenvalue weighted by atomic mass is 9.92. The Morgan fingerprint density at radius 3 is 2.71 bits per heavy atom. The predicted molar refractivity (Wildman–Crippen MR) is 79.7 cm³/mol. The Kier molecular flexibility index (Phi) is 3.61. The largest absolute Gasteiger partial charge is 0.478 e. The van der Waals surface area contributed by atoms with Crippen molar-refractivity contribution in [2.75, 3.05) is 0 Å². The van der Waals surface area contributed by atoms with Crippen LogP contribution in [-0.4, -0.2) is 22.0 Å². The fourth-order valence-corrected chi connectivity index (χ4v) is 4.18. The maximum absolute atomic E-state index is 11.7. The SMILES string of the molecule is O=C1CCc2c(sc(-c3ccccc3CO)c2C(=O)O)C1. The summed E-state index contributed by atoms with van der Waals surface area (Å²) in [4.78, 5) is 24.8. The second-order valence-electron chi connectivity index (χ2n) is 5.04. The fraction of sp³-hybridized carbons (Fsp3) is 0.250. The standard InChI is InChI=1S/C16H14O4S/c17-8-9-3-1-2-4-11(9)15-14(16(19)20)12-6-5-10(18)7-13(12)21-15/h1-4,17H,5-8H2,(H,19,20). The Bertz CT molecular complexity index is 730. The summed E-state index contributed by atoms with van der Waals surface area (Å²) in [5, 5.41) is 19.0. The van der Waals surface area contributed by atoms with Crippen molar-refractivity contribution in [2.24, 2.45) is 0 Å². The van der Waals surface area contributed by atoms with Crippen molar-refractivity contribution in [3.63, 3.8) is 0 Å². The molecule has 1 aliphatic rings. The first-order chi connectivity index (χ1) is 10.1. The zero-order valence-corrected chi connectivity index (χ0v) is 12.1. The van der Waals surface area contributed by atoms with E-state index in [4.69, 9.17) is 0 Å². The van der Waals surface area contributed by atoms with E-state index < -0.39 is 5.97 Å². The molecule has 0 atom stereocenters. The number of thiophene rings is 1. The van der Waals surface area contributed by atoms with E-state index in [1.165, 1.54) is 11.3 Å². The number of ketones is 1. The molecule has 5 heteroatoms. The highest BCUT2D eigenvalue weighted by Crippen LogP contribution is 2.41. The van der Waals surface area contributed by atoms with Gasteiger partial charge in [0, 0.05) is 22.6 Å². The number of aromatic carboxylic acids is 1. The topological polar surface area (TPSA) is 74.6 Å². The van der Waals surface area contributed by atoms with Gasteiger partial charge in [-0.15, -0.1) is 11.3 Å². The number of Topliss-reactive ketones (excluding diaryl/α,β-unsaturated/α-hetero) is 1. The Labute approximate surface area is 125 Å². The molecule has 0 aliphatic heterocycles. The van der Waals surface area contributed by atoms with E-state index in [1.54, 1.807) is 6.07 Å².